The van der Waals surface area contributed by atoms with Gasteiger partial charge in [0, 0.05) is 19.6 Å². The van der Waals surface area contributed by atoms with Crippen molar-refractivity contribution in [3.8, 4) is 5.75 Å². The van der Waals surface area contributed by atoms with Gasteiger partial charge in [0.15, 0.2) is 0 Å². The molecule has 4 rings (SSSR count). The molecular formula is C35H46F9NO7. The molecule has 5 atom stereocenters. The van der Waals surface area contributed by atoms with Crippen molar-refractivity contribution in [3.63, 3.8) is 0 Å². The minimum absolute atomic E-state index is 0.104. The maximum atomic E-state index is 13.1. The molecule has 3 aliphatic carbocycles. The maximum absolute atomic E-state index is 13.1. The summed E-state index contributed by atoms with van der Waals surface area (Å²) in [6.45, 7) is 3.27. The van der Waals surface area contributed by atoms with Gasteiger partial charge in [0.25, 0.3) is 0 Å². The molecular weight excluding hydrogens is 717 g/mol. The molecule has 2 saturated carbocycles. The van der Waals surface area contributed by atoms with E-state index < -0.39 is 37.2 Å². The zero-order valence-corrected chi connectivity index (χ0v) is 29.1. The van der Waals surface area contributed by atoms with E-state index >= 15 is 0 Å². The molecule has 2 fully saturated rings. The van der Waals surface area contributed by atoms with Gasteiger partial charge >= 0.3 is 30.1 Å². The summed E-state index contributed by atoms with van der Waals surface area (Å²) in [5, 5.41) is 2.63. The van der Waals surface area contributed by atoms with Crippen molar-refractivity contribution in [1.29, 1.82) is 0 Å². The van der Waals surface area contributed by atoms with Crippen LogP contribution >= 0.6 is 0 Å². The van der Waals surface area contributed by atoms with Crippen molar-refractivity contribution in [1.82, 2.24) is 5.32 Å². The molecule has 3 aliphatic rings. The highest BCUT2D eigenvalue weighted by atomic mass is 19.4. The highest BCUT2D eigenvalue weighted by Crippen LogP contribution is 2.62. The molecule has 52 heavy (non-hydrogen) atoms. The van der Waals surface area contributed by atoms with Crippen LogP contribution in [0.25, 0.3) is 0 Å². The van der Waals surface area contributed by atoms with Gasteiger partial charge in [0.1, 0.15) is 12.4 Å². The molecule has 0 aliphatic heterocycles. The second kappa shape index (κ2) is 17.1. The molecule has 1 amide bonds. The van der Waals surface area contributed by atoms with E-state index in [0.717, 1.165) is 32.1 Å². The third-order valence-electron chi connectivity index (χ3n) is 10.7. The standard InChI is InChI=1S/C35H46F9NO7/c1-3-49-30(47)12-15-45-29(46)13-18-48-19-20-50-23-6-8-24-22(21-23)5-7-26-25(24)11-14-31(2)27(26)9-10-28(31)51-16-4-17-52-32(33(36,37)38,34(39,40)41)35(42,43)44/h6,8,21,25-28H,3-5,7,9-20H2,1-2H3,(H,45,46)/t25-,26-,27+,28+,31+/m1/s1. The van der Waals surface area contributed by atoms with E-state index in [1.807, 2.05) is 12.1 Å². The third kappa shape index (κ3) is 9.28. The highest BCUT2D eigenvalue weighted by molar-refractivity contribution is 5.77. The van der Waals surface area contributed by atoms with Crippen LogP contribution in [0.2, 0.25) is 0 Å². The number of halogens is 9. The fourth-order valence-corrected chi connectivity index (χ4v) is 8.22. The summed E-state index contributed by atoms with van der Waals surface area (Å²) in [4.78, 5) is 23.2. The summed E-state index contributed by atoms with van der Waals surface area (Å²) >= 11 is 0. The van der Waals surface area contributed by atoms with Crippen LogP contribution in [0.1, 0.15) is 82.3 Å². The average Bonchev–Trinajstić information content (AvgIpc) is 3.38. The Bertz CT molecular complexity index is 1320. The van der Waals surface area contributed by atoms with Crippen LogP contribution in [0.5, 0.6) is 5.75 Å². The zero-order chi connectivity index (χ0) is 38.4. The van der Waals surface area contributed by atoms with E-state index in [-0.39, 0.29) is 81.7 Å². The molecule has 0 aromatic heterocycles. The summed E-state index contributed by atoms with van der Waals surface area (Å²) in [5.74, 6) is 1.01. The summed E-state index contributed by atoms with van der Waals surface area (Å²) in [7, 11) is 0. The molecule has 0 unspecified atom stereocenters. The number of nitrogens with one attached hydrogen (secondary N) is 1. The lowest BCUT2D eigenvalue weighted by Gasteiger charge is -2.50. The van der Waals surface area contributed by atoms with E-state index in [0.29, 0.717) is 24.0 Å². The topological polar surface area (TPSA) is 92.3 Å². The third-order valence-corrected chi connectivity index (χ3v) is 10.7. The maximum Gasteiger partial charge on any atom is 0.435 e. The van der Waals surface area contributed by atoms with Crippen LogP contribution in [-0.2, 0) is 35.0 Å². The first-order valence-electron chi connectivity index (χ1n) is 17.6. The van der Waals surface area contributed by atoms with Crippen LogP contribution in [0.15, 0.2) is 18.2 Å². The Balaban J connectivity index is 1.21. The predicted octanol–water partition coefficient (Wildman–Crippen LogP) is 7.62. The Hall–Kier alpha value is -2.79. The molecule has 0 radical (unpaired) electrons. The zero-order valence-electron chi connectivity index (χ0n) is 29.1. The van der Waals surface area contributed by atoms with Crippen LogP contribution in [-0.4, -0.2) is 88.3 Å². The summed E-state index contributed by atoms with van der Waals surface area (Å²) < 4.78 is 144. The van der Waals surface area contributed by atoms with E-state index in [1.165, 1.54) is 11.1 Å². The molecule has 0 heterocycles. The van der Waals surface area contributed by atoms with Gasteiger partial charge in [-0.3, -0.25) is 9.59 Å². The Morgan fingerprint density at radius 1 is 0.865 bits per heavy atom. The number of esters is 1. The number of hydrogen-bond donors (Lipinski definition) is 1. The van der Waals surface area contributed by atoms with Crippen LogP contribution in [0, 0.1) is 17.3 Å². The number of benzene rings is 1. The number of amides is 1. The van der Waals surface area contributed by atoms with Crippen LogP contribution < -0.4 is 10.1 Å². The van der Waals surface area contributed by atoms with Gasteiger partial charge in [-0.05, 0) is 98.3 Å². The van der Waals surface area contributed by atoms with Gasteiger partial charge in [-0.15, -0.1) is 0 Å². The SMILES string of the molecule is CCOC(=O)CCNC(=O)CCOCCOc1ccc2c(c1)CC[C@@H]1[C@@H]2CC[C@]2(C)[C@@H](OCCCOC(C(F)(F)F)(C(F)(F)F)C(F)(F)F)CC[C@@H]12. The summed E-state index contributed by atoms with van der Waals surface area (Å²) in [5.41, 5.74) is -4.12. The smallest absolute Gasteiger partial charge is 0.435 e. The molecule has 8 nitrogen and oxygen atoms in total. The van der Waals surface area contributed by atoms with Gasteiger partial charge in [-0.2, -0.15) is 39.5 Å². The molecule has 296 valence electrons. The lowest BCUT2D eigenvalue weighted by molar-refractivity contribution is -0.457. The van der Waals surface area contributed by atoms with E-state index in [9.17, 15) is 49.1 Å². The number of carbonyl (C=O) groups excluding carboxylic acids is 2. The lowest BCUT2D eigenvalue weighted by Crippen LogP contribution is -2.67. The van der Waals surface area contributed by atoms with Gasteiger partial charge < -0.3 is 29.0 Å². The van der Waals surface area contributed by atoms with Gasteiger partial charge in [0.05, 0.1) is 39.0 Å². The van der Waals surface area contributed by atoms with Crippen molar-refractivity contribution in [3.05, 3.63) is 29.3 Å². The van der Waals surface area contributed by atoms with E-state index in [4.69, 9.17) is 18.9 Å². The monoisotopic (exact) mass is 763 g/mol. The molecule has 0 saturated heterocycles. The van der Waals surface area contributed by atoms with Crippen molar-refractivity contribution in [2.24, 2.45) is 17.3 Å². The van der Waals surface area contributed by atoms with Crippen molar-refractivity contribution in [2.45, 2.75) is 108 Å². The first kappa shape index (κ1) is 42.0. The first-order valence-corrected chi connectivity index (χ1v) is 17.6. The minimum Gasteiger partial charge on any atom is -0.491 e. The van der Waals surface area contributed by atoms with Crippen molar-refractivity contribution in [2.75, 3.05) is 46.2 Å². The second-order valence-electron chi connectivity index (χ2n) is 13.7. The fourth-order valence-electron chi connectivity index (χ4n) is 8.22. The largest absolute Gasteiger partial charge is 0.491 e. The van der Waals surface area contributed by atoms with Crippen LogP contribution in [0.4, 0.5) is 39.5 Å². The number of carbonyl (C=O) groups is 2. The number of alkyl halides is 9. The average molecular weight is 764 g/mol. The van der Waals surface area contributed by atoms with Gasteiger partial charge in [-0.1, -0.05) is 13.0 Å². The normalized spacial score (nSPS) is 24.8. The van der Waals surface area contributed by atoms with Crippen molar-refractivity contribution < 1.29 is 72.8 Å². The minimum atomic E-state index is -6.75. The number of aryl methyl sites for hydroxylation is 1. The second-order valence-corrected chi connectivity index (χ2v) is 13.7. The Morgan fingerprint density at radius 2 is 1.58 bits per heavy atom. The van der Waals surface area contributed by atoms with E-state index in [2.05, 4.69) is 23.0 Å². The first-order chi connectivity index (χ1) is 24.4. The molecule has 1 aromatic carbocycles. The van der Waals surface area contributed by atoms with Gasteiger partial charge in [0.2, 0.25) is 5.91 Å². The Morgan fingerprint density at radius 3 is 2.25 bits per heavy atom. The summed E-state index contributed by atoms with van der Waals surface area (Å²) in [6.07, 6.45) is -16.1. The number of fused-ring (bicyclic) bond motifs is 5. The molecule has 0 bridgehead atoms. The fraction of sp³-hybridized carbons (Fsp3) is 0.771. The summed E-state index contributed by atoms with van der Waals surface area (Å²) in [6, 6.07) is 6.03. The Kier molecular flexibility index (Phi) is 13.8. The van der Waals surface area contributed by atoms with Crippen molar-refractivity contribution >= 4 is 11.9 Å². The highest BCUT2D eigenvalue weighted by Gasteiger charge is 2.85. The van der Waals surface area contributed by atoms with Gasteiger partial charge in [-0.25, -0.2) is 0 Å². The quantitative estimate of drug-likeness (QED) is 0.0993. The molecule has 1 N–H and O–H groups in total. The Labute approximate surface area is 296 Å². The molecule has 17 heteroatoms. The number of rotatable bonds is 17. The molecule has 0 spiro atoms. The molecule has 1 aromatic rings. The van der Waals surface area contributed by atoms with Crippen LogP contribution in [0.3, 0.4) is 0 Å². The predicted molar refractivity (Wildman–Crippen MR) is 167 cm³/mol. The number of ether oxygens (including phenoxy) is 5. The van der Waals surface area contributed by atoms with E-state index in [1.54, 1.807) is 6.92 Å². The number of hydrogen-bond acceptors (Lipinski definition) is 7. The lowest BCUT2D eigenvalue weighted by atomic mass is 9.55.